The van der Waals surface area contributed by atoms with Crippen molar-refractivity contribution >= 4 is 28.0 Å². The molecule has 12 heteroatoms. The summed E-state index contributed by atoms with van der Waals surface area (Å²) in [6.45, 7) is 5.14. The lowest BCUT2D eigenvalue weighted by Gasteiger charge is -2.17. The first-order chi connectivity index (χ1) is 17.0. The summed E-state index contributed by atoms with van der Waals surface area (Å²) in [5.41, 5.74) is 8.25. The topological polar surface area (TPSA) is 169 Å². The largest absolute Gasteiger partial charge is 0.496 e. The van der Waals surface area contributed by atoms with Crippen molar-refractivity contribution in [2.75, 3.05) is 13.7 Å². The first-order valence-corrected chi connectivity index (χ1v) is 12.6. The average Bonchev–Trinajstić information content (AvgIpc) is 2.82. The number of nitrogens with one attached hydrogen (secondary N) is 2. The van der Waals surface area contributed by atoms with Crippen LogP contribution in [0.4, 0.5) is 4.79 Å². The number of methoxy groups -OCH3 is 1. The molecule has 0 aliphatic rings. The quantitative estimate of drug-likeness (QED) is 0.199. The van der Waals surface area contributed by atoms with E-state index in [9.17, 15) is 23.1 Å². The number of carbonyl (C=O) groups excluding carboxylic acids is 1. The van der Waals surface area contributed by atoms with Crippen LogP contribution in [-0.2, 0) is 26.2 Å². The minimum absolute atomic E-state index is 0.00660. The normalized spacial score (nSPS) is 12.5. The van der Waals surface area contributed by atoms with Crippen molar-refractivity contribution in [2.45, 2.75) is 51.2 Å². The highest BCUT2D eigenvalue weighted by molar-refractivity contribution is 7.90. The van der Waals surface area contributed by atoms with Gasteiger partial charge in [-0.1, -0.05) is 30.3 Å². The van der Waals surface area contributed by atoms with Crippen LogP contribution in [0.5, 0.6) is 5.75 Å². The Kier molecular flexibility index (Phi) is 10.1. The van der Waals surface area contributed by atoms with Crippen LogP contribution < -0.4 is 20.5 Å². The van der Waals surface area contributed by atoms with Crippen molar-refractivity contribution in [3.8, 4) is 5.75 Å². The zero-order valence-electron chi connectivity index (χ0n) is 20.7. The van der Waals surface area contributed by atoms with E-state index in [4.69, 9.17) is 15.2 Å². The number of aliphatic imine (C=N–C) groups is 1. The molecule has 2 aromatic rings. The maximum absolute atomic E-state index is 12.9. The molecule has 0 saturated carbocycles. The van der Waals surface area contributed by atoms with Gasteiger partial charge in [0.05, 0.1) is 12.0 Å². The van der Waals surface area contributed by atoms with E-state index in [0.29, 0.717) is 22.4 Å². The van der Waals surface area contributed by atoms with Gasteiger partial charge in [0.25, 0.3) is 10.0 Å². The van der Waals surface area contributed by atoms with Crippen molar-refractivity contribution < 1.29 is 32.6 Å². The summed E-state index contributed by atoms with van der Waals surface area (Å²) in [6, 6.07) is 9.40. The summed E-state index contributed by atoms with van der Waals surface area (Å²) >= 11 is 0. The third kappa shape index (κ3) is 7.87. The Morgan fingerprint density at radius 1 is 1.14 bits per heavy atom. The molecule has 0 aliphatic carbocycles. The molecule has 0 fully saturated rings. The van der Waals surface area contributed by atoms with Crippen molar-refractivity contribution in [1.82, 2.24) is 10.0 Å². The number of carboxylic acids is 1. The number of alkyl carbamates (subject to hydrolysis) is 1. The summed E-state index contributed by atoms with van der Waals surface area (Å²) in [6.07, 6.45) is -0.602. The fraction of sp³-hybridized carbons (Fsp3) is 0.375. The minimum atomic E-state index is -4.01. The third-order valence-corrected chi connectivity index (χ3v) is 7.09. The molecule has 2 aromatic carbocycles. The lowest BCUT2D eigenvalue weighted by molar-refractivity contribution is -0.139. The number of aliphatic carboxylic acids is 1. The molecule has 0 spiro atoms. The number of sulfonamides is 1. The molecule has 0 saturated heterocycles. The number of benzene rings is 2. The number of rotatable bonds is 11. The maximum Gasteiger partial charge on any atom is 0.408 e. The van der Waals surface area contributed by atoms with Gasteiger partial charge in [0.15, 0.2) is 0 Å². The summed E-state index contributed by atoms with van der Waals surface area (Å²) < 4.78 is 38.4. The fourth-order valence-corrected chi connectivity index (χ4v) is 5.01. The van der Waals surface area contributed by atoms with Gasteiger partial charge in [-0.2, -0.15) is 0 Å². The van der Waals surface area contributed by atoms with Crippen LogP contribution in [0.2, 0.25) is 0 Å². The average molecular weight is 521 g/mol. The van der Waals surface area contributed by atoms with Gasteiger partial charge in [-0.05, 0) is 61.9 Å². The first-order valence-electron chi connectivity index (χ1n) is 11.1. The summed E-state index contributed by atoms with van der Waals surface area (Å²) in [7, 11) is -2.50. The lowest BCUT2D eigenvalue weighted by Crippen LogP contribution is -2.41. The van der Waals surface area contributed by atoms with E-state index in [2.05, 4.69) is 15.0 Å². The van der Waals surface area contributed by atoms with E-state index in [0.717, 1.165) is 5.56 Å². The van der Waals surface area contributed by atoms with E-state index in [1.807, 2.05) is 6.07 Å². The second-order valence-electron chi connectivity index (χ2n) is 8.09. The van der Waals surface area contributed by atoms with Crippen LogP contribution in [0.15, 0.2) is 46.3 Å². The molecule has 1 unspecified atom stereocenters. The van der Waals surface area contributed by atoms with Crippen LogP contribution in [0, 0.1) is 20.8 Å². The Hall–Kier alpha value is -3.80. The van der Waals surface area contributed by atoms with Crippen LogP contribution in [0.25, 0.3) is 0 Å². The smallest absolute Gasteiger partial charge is 0.408 e. The van der Waals surface area contributed by atoms with E-state index >= 15 is 0 Å². The number of carbonyl (C=O) groups is 2. The van der Waals surface area contributed by atoms with Gasteiger partial charge in [0.1, 0.15) is 18.4 Å². The van der Waals surface area contributed by atoms with Gasteiger partial charge >= 0.3 is 12.1 Å². The molecule has 0 aromatic heterocycles. The molecular weight excluding hydrogens is 488 g/mol. The molecule has 2 rings (SSSR count). The molecule has 36 heavy (non-hydrogen) atoms. The first kappa shape index (κ1) is 28.4. The van der Waals surface area contributed by atoms with Crippen molar-refractivity contribution in [3.63, 3.8) is 0 Å². The molecule has 196 valence electrons. The molecule has 5 N–H and O–H groups in total. The third-order valence-electron chi connectivity index (χ3n) is 5.44. The van der Waals surface area contributed by atoms with E-state index in [-0.39, 0.29) is 36.8 Å². The second-order valence-corrected chi connectivity index (χ2v) is 9.71. The fourth-order valence-electron chi connectivity index (χ4n) is 3.53. The van der Waals surface area contributed by atoms with Gasteiger partial charge in [-0.15, -0.1) is 0 Å². The number of carboxylic acid groups (broad SMARTS) is 1. The van der Waals surface area contributed by atoms with Gasteiger partial charge in [-0.25, -0.2) is 22.7 Å². The highest BCUT2D eigenvalue weighted by Gasteiger charge is 2.24. The Morgan fingerprint density at radius 3 is 2.42 bits per heavy atom. The Morgan fingerprint density at radius 2 is 1.81 bits per heavy atom. The Balaban J connectivity index is 1.92. The molecule has 11 nitrogen and oxygen atoms in total. The van der Waals surface area contributed by atoms with Gasteiger partial charge < -0.3 is 25.6 Å². The number of nitrogens with two attached hydrogens (primary N) is 1. The molecule has 0 bridgehead atoms. The monoisotopic (exact) mass is 520 g/mol. The summed E-state index contributed by atoms with van der Waals surface area (Å²) in [4.78, 5) is 27.5. The number of guanidine groups is 1. The molecular formula is C24H32N4O7S. The molecule has 1 amide bonds. The van der Waals surface area contributed by atoms with E-state index < -0.39 is 28.1 Å². The highest BCUT2D eigenvalue weighted by Crippen LogP contribution is 2.30. The Bertz CT molecular complexity index is 1210. The molecule has 0 radical (unpaired) electrons. The SMILES string of the molecule is COc1cc(C)c(S(=O)(=O)NC(N)=NCCCC(NC(=O)OCc2ccccc2)C(=O)O)c(C)c1C. The van der Waals surface area contributed by atoms with E-state index in [1.54, 1.807) is 51.1 Å². The standard InChI is InChI=1S/C24H32N4O7S/c1-15-13-20(34-4)16(2)17(3)21(15)36(32,33)28-23(25)26-12-8-11-19(22(29)30)27-24(31)35-14-18-9-6-5-7-10-18/h5-7,9-10,13,19H,8,11-12,14H2,1-4H3,(H,27,31)(H,29,30)(H3,25,26,28). The number of nitrogens with zero attached hydrogens (tertiary/aromatic N) is 1. The number of amides is 1. The molecule has 1 atom stereocenters. The number of aryl methyl sites for hydroxylation is 1. The zero-order chi connectivity index (χ0) is 26.9. The van der Waals surface area contributed by atoms with Crippen molar-refractivity contribution in [1.29, 1.82) is 0 Å². The van der Waals surface area contributed by atoms with Crippen LogP contribution >= 0.6 is 0 Å². The van der Waals surface area contributed by atoms with Gasteiger partial charge in [0.2, 0.25) is 5.96 Å². The summed E-state index contributed by atoms with van der Waals surface area (Å²) in [5, 5.41) is 11.7. The van der Waals surface area contributed by atoms with Gasteiger partial charge in [0, 0.05) is 6.54 Å². The highest BCUT2D eigenvalue weighted by atomic mass is 32.2. The van der Waals surface area contributed by atoms with E-state index in [1.165, 1.54) is 7.11 Å². The zero-order valence-corrected chi connectivity index (χ0v) is 21.5. The van der Waals surface area contributed by atoms with Crippen molar-refractivity contribution in [2.24, 2.45) is 10.7 Å². The van der Waals surface area contributed by atoms with Crippen LogP contribution in [0.3, 0.4) is 0 Å². The number of ether oxygens (including phenoxy) is 2. The lowest BCUT2D eigenvalue weighted by atomic mass is 10.1. The Labute approximate surface area is 210 Å². The molecule has 0 aliphatic heterocycles. The number of hydrogen-bond donors (Lipinski definition) is 4. The predicted octanol–water partition coefficient (Wildman–Crippen LogP) is 2.37. The minimum Gasteiger partial charge on any atom is -0.496 e. The number of hydrogen-bond acceptors (Lipinski definition) is 7. The predicted molar refractivity (Wildman–Crippen MR) is 134 cm³/mol. The maximum atomic E-state index is 12.9. The van der Waals surface area contributed by atoms with Crippen molar-refractivity contribution in [3.05, 3.63) is 58.7 Å². The van der Waals surface area contributed by atoms with Crippen LogP contribution in [-0.4, -0.2) is 51.2 Å². The second kappa shape index (κ2) is 12.8. The summed E-state index contributed by atoms with van der Waals surface area (Å²) in [5.74, 6) is -0.981. The molecule has 0 heterocycles. The van der Waals surface area contributed by atoms with Gasteiger partial charge in [-0.3, -0.25) is 4.99 Å². The van der Waals surface area contributed by atoms with Crippen LogP contribution in [0.1, 0.15) is 35.1 Å².